The quantitative estimate of drug-likeness (QED) is 0.700. The molecule has 0 spiro atoms. The molecule has 1 saturated heterocycles. The van der Waals surface area contributed by atoms with Gasteiger partial charge in [0, 0.05) is 6.54 Å². The van der Waals surface area contributed by atoms with Gasteiger partial charge in [0.05, 0.1) is 5.60 Å². The molecule has 3 nitrogen and oxygen atoms in total. The fourth-order valence-corrected chi connectivity index (χ4v) is 3.18. The average Bonchev–Trinajstić information content (AvgIpc) is 2.47. The predicted octanol–water partition coefficient (Wildman–Crippen LogP) is 5.10. The minimum absolute atomic E-state index is 0.168. The molecule has 1 aliphatic rings. The van der Waals surface area contributed by atoms with Gasteiger partial charge in [-0.15, -0.1) is 0 Å². The van der Waals surface area contributed by atoms with Gasteiger partial charge in [0.1, 0.15) is 5.75 Å². The number of ether oxygens (including phenoxy) is 2. The Labute approximate surface area is 148 Å². The molecule has 24 heavy (non-hydrogen) atoms. The van der Waals surface area contributed by atoms with E-state index in [1.54, 1.807) is 0 Å². The van der Waals surface area contributed by atoms with Crippen molar-refractivity contribution in [1.82, 2.24) is 4.90 Å². The second-order valence-corrected chi connectivity index (χ2v) is 9.08. The van der Waals surface area contributed by atoms with E-state index in [-0.39, 0.29) is 5.60 Å². The van der Waals surface area contributed by atoms with E-state index in [1.165, 1.54) is 31.5 Å². The van der Waals surface area contributed by atoms with E-state index in [9.17, 15) is 0 Å². The Kier molecular flexibility index (Phi) is 6.33. The summed E-state index contributed by atoms with van der Waals surface area (Å²) in [6, 6.07) is 8.43. The lowest BCUT2D eigenvalue weighted by Crippen LogP contribution is -2.37. The number of rotatable bonds is 5. The monoisotopic (exact) mass is 333 g/mol. The van der Waals surface area contributed by atoms with Gasteiger partial charge in [0.15, 0.2) is 6.79 Å². The zero-order chi connectivity index (χ0) is 17.8. The molecular formula is C21H35NO2. The Balaban J connectivity index is 1.76. The van der Waals surface area contributed by atoms with Gasteiger partial charge in [-0.25, -0.2) is 0 Å². The van der Waals surface area contributed by atoms with E-state index >= 15 is 0 Å². The third-order valence-electron chi connectivity index (χ3n) is 4.86. The highest BCUT2D eigenvalue weighted by Gasteiger charge is 2.28. The zero-order valence-electron chi connectivity index (χ0n) is 16.4. The van der Waals surface area contributed by atoms with Crippen LogP contribution in [0.3, 0.4) is 0 Å². The summed E-state index contributed by atoms with van der Waals surface area (Å²) in [5.41, 5.74) is 1.63. The topological polar surface area (TPSA) is 21.7 Å². The molecule has 0 amide bonds. The first-order valence-electron chi connectivity index (χ1n) is 9.21. The van der Waals surface area contributed by atoms with E-state index in [2.05, 4.69) is 37.8 Å². The van der Waals surface area contributed by atoms with Crippen LogP contribution < -0.4 is 4.74 Å². The lowest BCUT2D eigenvalue weighted by Gasteiger charge is -2.38. The van der Waals surface area contributed by atoms with E-state index in [0.29, 0.717) is 12.2 Å². The van der Waals surface area contributed by atoms with Crippen LogP contribution in [-0.2, 0) is 11.3 Å². The van der Waals surface area contributed by atoms with Crippen molar-refractivity contribution in [3.05, 3.63) is 29.8 Å². The Morgan fingerprint density at radius 3 is 2.04 bits per heavy atom. The van der Waals surface area contributed by atoms with Crippen molar-refractivity contribution >= 4 is 0 Å². The molecule has 0 unspecified atom stereocenters. The molecule has 1 aromatic carbocycles. The van der Waals surface area contributed by atoms with Crippen LogP contribution >= 0.6 is 0 Å². The molecular weight excluding hydrogens is 298 g/mol. The zero-order valence-corrected chi connectivity index (χ0v) is 16.4. The van der Waals surface area contributed by atoms with Crippen molar-refractivity contribution in [2.24, 2.45) is 11.3 Å². The lowest BCUT2D eigenvalue weighted by atomic mass is 9.75. The summed E-state index contributed by atoms with van der Waals surface area (Å²) >= 11 is 0. The van der Waals surface area contributed by atoms with Crippen molar-refractivity contribution in [3.63, 3.8) is 0 Å². The minimum Gasteiger partial charge on any atom is -0.468 e. The van der Waals surface area contributed by atoms with E-state index in [0.717, 1.165) is 18.2 Å². The summed E-state index contributed by atoms with van der Waals surface area (Å²) in [5.74, 6) is 1.72. The number of hydrogen-bond acceptors (Lipinski definition) is 3. The van der Waals surface area contributed by atoms with Crippen LogP contribution in [0.1, 0.15) is 59.9 Å². The van der Waals surface area contributed by atoms with E-state index < -0.39 is 0 Å². The summed E-state index contributed by atoms with van der Waals surface area (Å²) in [5, 5.41) is 0. The third-order valence-corrected chi connectivity index (χ3v) is 4.86. The van der Waals surface area contributed by atoms with Crippen LogP contribution in [0.5, 0.6) is 5.75 Å². The lowest BCUT2D eigenvalue weighted by molar-refractivity contribution is -0.0758. The predicted molar refractivity (Wildman–Crippen MR) is 100 cm³/mol. The van der Waals surface area contributed by atoms with Gasteiger partial charge >= 0.3 is 0 Å². The summed E-state index contributed by atoms with van der Waals surface area (Å²) in [6.07, 6.45) is 2.63. The molecule has 0 saturated carbocycles. The van der Waals surface area contributed by atoms with Crippen LogP contribution in [0.15, 0.2) is 24.3 Å². The number of benzene rings is 1. The number of piperidine rings is 1. The van der Waals surface area contributed by atoms with Crippen LogP contribution in [-0.4, -0.2) is 30.4 Å². The van der Waals surface area contributed by atoms with Gasteiger partial charge in [-0.1, -0.05) is 32.9 Å². The highest BCUT2D eigenvalue weighted by Crippen LogP contribution is 2.34. The molecule has 0 N–H and O–H groups in total. The average molecular weight is 334 g/mol. The minimum atomic E-state index is -0.168. The fraction of sp³-hybridized carbons (Fsp3) is 0.714. The Morgan fingerprint density at radius 1 is 0.958 bits per heavy atom. The largest absolute Gasteiger partial charge is 0.468 e. The standard InChI is InChI=1S/C21H35NO2/c1-20(2,3)18-11-13-22(14-12-18)15-17-7-9-19(10-8-17)23-16-24-21(4,5)6/h7-10,18H,11-16H2,1-6H3. The van der Waals surface area contributed by atoms with Crippen LogP contribution in [0.2, 0.25) is 0 Å². The van der Waals surface area contributed by atoms with E-state index in [1.807, 2.05) is 32.9 Å². The third kappa shape index (κ3) is 6.45. The highest BCUT2D eigenvalue weighted by molar-refractivity contribution is 5.27. The van der Waals surface area contributed by atoms with Crippen LogP contribution in [0.4, 0.5) is 0 Å². The highest BCUT2D eigenvalue weighted by atomic mass is 16.7. The first kappa shape index (κ1) is 19.3. The number of nitrogens with zero attached hydrogens (tertiary/aromatic N) is 1. The molecule has 0 aliphatic carbocycles. The SMILES string of the molecule is CC(C)(C)OCOc1ccc(CN2CCC(C(C)(C)C)CC2)cc1. The van der Waals surface area contributed by atoms with Gasteiger partial charge in [-0.2, -0.15) is 0 Å². The first-order valence-corrected chi connectivity index (χ1v) is 9.21. The summed E-state index contributed by atoms with van der Waals surface area (Å²) in [7, 11) is 0. The van der Waals surface area contributed by atoms with Crippen LogP contribution in [0, 0.1) is 11.3 Å². The Hall–Kier alpha value is -1.06. The van der Waals surface area contributed by atoms with Crippen molar-refractivity contribution in [2.45, 2.75) is 66.5 Å². The van der Waals surface area contributed by atoms with Gasteiger partial charge < -0.3 is 9.47 Å². The fourth-order valence-electron chi connectivity index (χ4n) is 3.18. The van der Waals surface area contributed by atoms with Crippen molar-refractivity contribution in [2.75, 3.05) is 19.9 Å². The molecule has 1 aliphatic heterocycles. The summed E-state index contributed by atoms with van der Waals surface area (Å²) in [4.78, 5) is 2.57. The second-order valence-electron chi connectivity index (χ2n) is 9.08. The number of hydrogen-bond donors (Lipinski definition) is 0. The molecule has 1 heterocycles. The second kappa shape index (κ2) is 7.88. The van der Waals surface area contributed by atoms with Gasteiger partial charge in [-0.3, -0.25) is 4.90 Å². The molecule has 2 rings (SSSR count). The molecule has 1 fully saturated rings. The van der Waals surface area contributed by atoms with Gasteiger partial charge in [0.2, 0.25) is 0 Å². The summed E-state index contributed by atoms with van der Waals surface area (Å²) in [6.45, 7) is 16.9. The molecule has 3 heteroatoms. The maximum Gasteiger partial charge on any atom is 0.189 e. The molecule has 136 valence electrons. The van der Waals surface area contributed by atoms with Crippen LogP contribution in [0.25, 0.3) is 0 Å². The van der Waals surface area contributed by atoms with Gasteiger partial charge in [0.25, 0.3) is 0 Å². The molecule has 0 aromatic heterocycles. The smallest absolute Gasteiger partial charge is 0.189 e. The normalized spacial score (nSPS) is 17.9. The van der Waals surface area contributed by atoms with Crippen molar-refractivity contribution < 1.29 is 9.47 Å². The van der Waals surface area contributed by atoms with Gasteiger partial charge in [-0.05, 0) is 75.7 Å². The first-order chi connectivity index (χ1) is 11.1. The maximum atomic E-state index is 5.64. The van der Waals surface area contributed by atoms with E-state index in [4.69, 9.17) is 9.47 Å². The summed E-state index contributed by atoms with van der Waals surface area (Å²) < 4.78 is 11.2. The molecule has 0 bridgehead atoms. The molecule has 0 radical (unpaired) electrons. The number of likely N-dealkylation sites (tertiary alicyclic amines) is 1. The van der Waals surface area contributed by atoms with Crippen molar-refractivity contribution in [3.8, 4) is 5.75 Å². The maximum absolute atomic E-state index is 5.64. The Morgan fingerprint density at radius 2 is 1.54 bits per heavy atom. The Bertz CT molecular complexity index is 488. The van der Waals surface area contributed by atoms with Crippen molar-refractivity contribution in [1.29, 1.82) is 0 Å². The molecule has 1 aromatic rings. The molecule has 0 atom stereocenters.